The van der Waals surface area contributed by atoms with Gasteiger partial charge < -0.3 is 14.4 Å². The van der Waals surface area contributed by atoms with Crippen molar-refractivity contribution in [2.75, 3.05) is 20.8 Å². The van der Waals surface area contributed by atoms with Crippen LogP contribution in [0, 0.1) is 0 Å². The summed E-state index contributed by atoms with van der Waals surface area (Å²) in [5.41, 5.74) is 1.40. The van der Waals surface area contributed by atoms with Gasteiger partial charge in [0.1, 0.15) is 0 Å². The highest BCUT2D eigenvalue weighted by Gasteiger charge is 2.19. The zero-order chi connectivity index (χ0) is 17.4. The predicted molar refractivity (Wildman–Crippen MR) is 95.6 cm³/mol. The molecule has 0 spiro atoms. The van der Waals surface area contributed by atoms with Gasteiger partial charge in [0.25, 0.3) is 5.91 Å². The Morgan fingerprint density at radius 3 is 2.00 bits per heavy atom. The number of benzene rings is 2. The van der Waals surface area contributed by atoms with Crippen LogP contribution in [0.2, 0.25) is 0 Å². The number of rotatable bonds is 7. The van der Waals surface area contributed by atoms with E-state index in [0.29, 0.717) is 10.6 Å². The van der Waals surface area contributed by atoms with Crippen LogP contribution in [-0.2, 0) is 9.47 Å². The molecule has 126 valence electrons. The fourth-order valence-corrected chi connectivity index (χ4v) is 2.40. The molecule has 0 atom stereocenters. The molecule has 1 amide bonds. The van der Waals surface area contributed by atoms with Crippen LogP contribution in [0.25, 0.3) is 5.03 Å². The first kappa shape index (κ1) is 18.2. The van der Waals surface area contributed by atoms with Crippen LogP contribution in [0.3, 0.4) is 0 Å². The van der Waals surface area contributed by atoms with Crippen molar-refractivity contribution in [2.45, 2.75) is 6.29 Å². The summed E-state index contributed by atoms with van der Waals surface area (Å²) in [6, 6.07) is 18.5. The molecule has 0 radical (unpaired) electrons. The van der Waals surface area contributed by atoms with Gasteiger partial charge in [-0.3, -0.25) is 4.79 Å². The van der Waals surface area contributed by atoms with Crippen LogP contribution in [0.15, 0.2) is 66.9 Å². The Morgan fingerprint density at radius 1 is 1.00 bits per heavy atom. The van der Waals surface area contributed by atoms with E-state index in [1.165, 1.54) is 19.1 Å². The molecule has 0 saturated carbocycles. The molecule has 0 N–H and O–H groups in total. The minimum Gasteiger partial charge on any atom is -0.354 e. The van der Waals surface area contributed by atoms with Gasteiger partial charge in [-0.1, -0.05) is 60.1 Å². The fourth-order valence-electron chi connectivity index (χ4n) is 2.16. The minimum absolute atomic E-state index is 0.177. The smallest absolute Gasteiger partial charge is 0.258 e. The Labute approximate surface area is 147 Å². The van der Waals surface area contributed by atoms with E-state index < -0.39 is 6.29 Å². The second kappa shape index (κ2) is 9.23. The largest absolute Gasteiger partial charge is 0.354 e. The maximum atomic E-state index is 12.8. The molecule has 0 aliphatic heterocycles. The summed E-state index contributed by atoms with van der Waals surface area (Å²) in [7, 11) is 3.06. The van der Waals surface area contributed by atoms with Crippen molar-refractivity contribution in [3.63, 3.8) is 0 Å². The van der Waals surface area contributed by atoms with Crippen molar-refractivity contribution in [3.05, 3.63) is 78.0 Å². The van der Waals surface area contributed by atoms with E-state index >= 15 is 0 Å². The van der Waals surface area contributed by atoms with Crippen LogP contribution < -0.4 is 0 Å². The zero-order valence-electron chi connectivity index (χ0n) is 13.7. The van der Waals surface area contributed by atoms with E-state index in [2.05, 4.69) is 0 Å². The highest BCUT2D eigenvalue weighted by Crippen LogP contribution is 2.20. The summed E-state index contributed by atoms with van der Waals surface area (Å²) >= 11 is 6.39. The molecular weight excluding hydrogens is 326 g/mol. The lowest BCUT2D eigenvalue weighted by atomic mass is 10.2. The molecule has 0 fully saturated rings. The number of methoxy groups -OCH3 is 2. The molecule has 2 rings (SSSR count). The standard InChI is InChI=1S/C19H20ClNO3/c1-23-18(24-2)14-21(19(22)16-11-7-4-8-12-16)13-17(20)15-9-5-3-6-10-15/h3-13,18H,14H2,1-2H3/b17-13+. The van der Waals surface area contributed by atoms with E-state index in [4.69, 9.17) is 21.1 Å². The summed E-state index contributed by atoms with van der Waals surface area (Å²) in [5, 5.41) is 0.464. The summed E-state index contributed by atoms with van der Waals surface area (Å²) in [4.78, 5) is 14.3. The number of hydrogen-bond acceptors (Lipinski definition) is 3. The third kappa shape index (κ3) is 4.93. The summed E-state index contributed by atoms with van der Waals surface area (Å²) in [6.07, 6.45) is 1.06. The van der Waals surface area contributed by atoms with Crippen LogP contribution in [0.5, 0.6) is 0 Å². The topological polar surface area (TPSA) is 38.8 Å². The van der Waals surface area contributed by atoms with Gasteiger partial charge in [-0.05, 0) is 17.7 Å². The molecule has 4 nitrogen and oxygen atoms in total. The first-order valence-electron chi connectivity index (χ1n) is 7.50. The van der Waals surface area contributed by atoms with E-state index in [0.717, 1.165) is 5.56 Å². The zero-order valence-corrected chi connectivity index (χ0v) is 14.4. The lowest BCUT2D eigenvalue weighted by Gasteiger charge is -2.23. The first-order chi connectivity index (χ1) is 11.7. The highest BCUT2D eigenvalue weighted by atomic mass is 35.5. The SMILES string of the molecule is COC(CN(/C=C(/Cl)c1ccccc1)C(=O)c1ccccc1)OC. The predicted octanol–water partition coefficient (Wildman–Crippen LogP) is 3.99. The summed E-state index contributed by atoms with van der Waals surface area (Å²) in [5.74, 6) is -0.177. The van der Waals surface area contributed by atoms with E-state index in [1.54, 1.807) is 18.3 Å². The van der Waals surface area contributed by atoms with Crippen molar-refractivity contribution in [3.8, 4) is 0 Å². The van der Waals surface area contributed by atoms with Gasteiger partial charge in [-0.2, -0.15) is 0 Å². The molecule has 0 aliphatic carbocycles. The van der Waals surface area contributed by atoms with Crippen LogP contribution in [0.4, 0.5) is 0 Å². The summed E-state index contributed by atoms with van der Waals surface area (Å²) < 4.78 is 10.4. The van der Waals surface area contributed by atoms with Gasteiger partial charge in [0.15, 0.2) is 6.29 Å². The van der Waals surface area contributed by atoms with Crippen molar-refractivity contribution >= 4 is 22.5 Å². The quantitative estimate of drug-likeness (QED) is 0.712. The molecule has 5 heteroatoms. The van der Waals surface area contributed by atoms with E-state index in [9.17, 15) is 4.79 Å². The number of nitrogens with zero attached hydrogens (tertiary/aromatic N) is 1. The van der Waals surface area contributed by atoms with Gasteiger partial charge in [-0.15, -0.1) is 0 Å². The average molecular weight is 346 g/mol. The Balaban J connectivity index is 2.30. The lowest BCUT2D eigenvalue weighted by Crippen LogP contribution is -2.35. The Bertz CT molecular complexity index is 670. The van der Waals surface area contributed by atoms with Gasteiger partial charge in [0.05, 0.1) is 11.6 Å². The molecule has 0 saturated heterocycles. The molecule has 0 heterocycles. The molecular formula is C19H20ClNO3. The highest BCUT2D eigenvalue weighted by molar-refractivity contribution is 6.48. The van der Waals surface area contributed by atoms with Gasteiger partial charge in [-0.25, -0.2) is 0 Å². The third-order valence-corrected chi connectivity index (χ3v) is 3.79. The Kier molecular flexibility index (Phi) is 7.00. The lowest BCUT2D eigenvalue weighted by molar-refractivity contribution is -0.108. The van der Waals surface area contributed by atoms with Crippen molar-refractivity contribution in [1.29, 1.82) is 0 Å². The van der Waals surface area contributed by atoms with Gasteiger partial charge in [0.2, 0.25) is 0 Å². The molecule has 24 heavy (non-hydrogen) atoms. The number of carbonyl (C=O) groups is 1. The number of ether oxygens (including phenoxy) is 2. The number of hydrogen-bond donors (Lipinski definition) is 0. The molecule has 0 aromatic heterocycles. The van der Waals surface area contributed by atoms with Gasteiger partial charge >= 0.3 is 0 Å². The van der Waals surface area contributed by atoms with E-state index in [1.807, 2.05) is 48.5 Å². The molecule has 0 aliphatic rings. The number of halogens is 1. The maximum Gasteiger partial charge on any atom is 0.258 e. The number of amides is 1. The minimum atomic E-state index is -0.547. The number of carbonyl (C=O) groups excluding carboxylic acids is 1. The third-order valence-electron chi connectivity index (χ3n) is 3.47. The van der Waals surface area contributed by atoms with Crippen LogP contribution in [0.1, 0.15) is 15.9 Å². The second-order valence-electron chi connectivity index (χ2n) is 5.07. The van der Waals surface area contributed by atoms with Crippen molar-refractivity contribution in [2.24, 2.45) is 0 Å². The normalized spacial score (nSPS) is 11.6. The van der Waals surface area contributed by atoms with Gasteiger partial charge in [0, 0.05) is 26.0 Å². The van der Waals surface area contributed by atoms with Crippen molar-refractivity contribution < 1.29 is 14.3 Å². The van der Waals surface area contributed by atoms with Crippen LogP contribution in [-0.4, -0.2) is 37.9 Å². The average Bonchev–Trinajstić information content (AvgIpc) is 2.65. The molecule has 2 aromatic carbocycles. The monoisotopic (exact) mass is 345 g/mol. The Hall–Kier alpha value is -2.14. The Morgan fingerprint density at radius 2 is 1.50 bits per heavy atom. The van der Waals surface area contributed by atoms with Crippen LogP contribution >= 0.6 is 11.6 Å². The molecule has 0 unspecified atom stereocenters. The fraction of sp³-hybridized carbons (Fsp3) is 0.211. The maximum absolute atomic E-state index is 12.8. The second-order valence-corrected chi connectivity index (χ2v) is 5.47. The summed E-state index contributed by atoms with van der Waals surface area (Å²) in [6.45, 7) is 0.226. The van der Waals surface area contributed by atoms with Crippen molar-refractivity contribution in [1.82, 2.24) is 4.90 Å². The van der Waals surface area contributed by atoms with E-state index in [-0.39, 0.29) is 12.5 Å². The molecule has 0 bridgehead atoms. The molecule has 2 aromatic rings. The first-order valence-corrected chi connectivity index (χ1v) is 7.88.